The topological polar surface area (TPSA) is 156 Å². The first-order valence-corrected chi connectivity index (χ1v) is 4.30. The summed E-state index contributed by atoms with van der Waals surface area (Å²) >= 11 is 0. The molecule has 0 amide bonds. The highest BCUT2D eigenvalue weighted by atomic mass is 16.5. The first-order valence-electron chi connectivity index (χ1n) is 4.30. The lowest BCUT2D eigenvalue weighted by atomic mass is 10.5. The molecule has 0 fully saturated rings. The first kappa shape index (κ1) is 14.5. The predicted molar refractivity (Wildman–Crippen MR) is 52.0 cm³/mol. The van der Waals surface area contributed by atoms with Gasteiger partial charge in [-0.2, -0.15) is 0 Å². The van der Waals surface area contributed by atoms with Crippen molar-refractivity contribution in [1.29, 1.82) is 0 Å². The van der Waals surface area contributed by atoms with Crippen LogP contribution in [0.25, 0.3) is 20.9 Å². The van der Waals surface area contributed by atoms with E-state index in [-0.39, 0.29) is 26.4 Å². The molecule has 0 aliphatic rings. The maximum Gasteiger partial charge on any atom is 0.246 e. The molecule has 0 saturated carbocycles. The molecule has 10 heteroatoms. The summed E-state index contributed by atoms with van der Waals surface area (Å²) in [4.78, 5) is 4.64. The molecule has 0 atom stereocenters. The SMILES string of the molecule is [N-]=[N+]=NC(O)(COCCOCCO)N=[N+]=[N-]. The van der Waals surface area contributed by atoms with Crippen LogP contribution in [-0.4, -0.2) is 49.1 Å². The van der Waals surface area contributed by atoms with E-state index in [2.05, 4.69) is 20.1 Å². The third-order valence-electron chi connectivity index (χ3n) is 1.31. The second-order valence-electron chi connectivity index (χ2n) is 2.54. The predicted octanol–water partition coefficient (Wildman–Crippen LogP) is 0.279. The number of rotatable bonds is 9. The van der Waals surface area contributed by atoms with Gasteiger partial charge in [-0.15, -0.1) is 0 Å². The van der Waals surface area contributed by atoms with Crippen LogP contribution in [0.1, 0.15) is 0 Å². The number of azide groups is 1. The zero-order valence-corrected chi connectivity index (χ0v) is 8.43. The highest BCUT2D eigenvalue weighted by Gasteiger charge is 2.23. The number of hydrogen-bond donors (Lipinski definition) is 2. The molecule has 0 aromatic rings. The minimum absolute atomic E-state index is 0.0958. The zero-order chi connectivity index (χ0) is 12.3. The Balaban J connectivity index is 3.86. The first-order chi connectivity index (χ1) is 7.68. The Kier molecular flexibility index (Phi) is 7.90. The van der Waals surface area contributed by atoms with Gasteiger partial charge in [0.05, 0.1) is 33.0 Å². The molecule has 0 aliphatic heterocycles. The molecule has 10 nitrogen and oxygen atoms in total. The molecule has 2 N–H and O–H groups in total. The van der Waals surface area contributed by atoms with Gasteiger partial charge in [0.15, 0.2) is 0 Å². The maximum absolute atomic E-state index is 9.37. The quantitative estimate of drug-likeness (QED) is 0.253. The van der Waals surface area contributed by atoms with E-state index in [1.54, 1.807) is 0 Å². The minimum atomic E-state index is -2.26. The molecule has 0 saturated heterocycles. The monoisotopic (exact) mass is 232 g/mol. The van der Waals surface area contributed by atoms with Crippen LogP contribution >= 0.6 is 0 Å². The van der Waals surface area contributed by atoms with E-state index >= 15 is 0 Å². The molecule has 16 heavy (non-hydrogen) atoms. The fraction of sp³-hybridized carbons (Fsp3) is 1.00. The third-order valence-corrected chi connectivity index (χ3v) is 1.31. The van der Waals surface area contributed by atoms with Crippen molar-refractivity contribution in [3.63, 3.8) is 0 Å². The van der Waals surface area contributed by atoms with E-state index in [1.807, 2.05) is 0 Å². The van der Waals surface area contributed by atoms with Gasteiger partial charge < -0.3 is 19.7 Å². The smallest absolute Gasteiger partial charge is 0.246 e. The summed E-state index contributed by atoms with van der Waals surface area (Å²) in [5.41, 5.74) is 16.2. The Labute approximate surface area is 90.6 Å². The van der Waals surface area contributed by atoms with Gasteiger partial charge in [0, 0.05) is 9.82 Å². The van der Waals surface area contributed by atoms with E-state index in [1.165, 1.54) is 0 Å². The average molecular weight is 232 g/mol. The Morgan fingerprint density at radius 2 is 1.62 bits per heavy atom. The summed E-state index contributed by atoms with van der Waals surface area (Å²) in [5, 5.41) is 23.5. The molecule has 0 aromatic carbocycles. The lowest BCUT2D eigenvalue weighted by Crippen LogP contribution is -2.29. The van der Waals surface area contributed by atoms with Crippen molar-refractivity contribution < 1.29 is 19.7 Å². The zero-order valence-electron chi connectivity index (χ0n) is 8.43. The number of aliphatic hydroxyl groups is 2. The molecular formula is C6H12N6O4. The van der Waals surface area contributed by atoms with Crippen LogP contribution in [0.3, 0.4) is 0 Å². The van der Waals surface area contributed by atoms with Crippen molar-refractivity contribution in [2.75, 3.05) is 33.0 Å². The van der Waals surface area contributed by atoms with Crippen LogP contribution in [0, 0.1) is 0 Å². The lowest BCUT2D eigenvalue weighted by Gasteiger charge is -2.15. The molecule has 0 heterocycles. The Morgan fingerprint density at radius 3 is 2.12 bits per heavy atom. The van der Waals surface area contributed by atoms with Crippen molar-refractivity contribution in [2.24, 2.45) is 10.2 Å². The van der Waals surface area contributed by atoms with E-state index < -0.39 is 12.5 Å². The number of aliphatic hydroxyl groups excluding tert-OH is 1. The van der Waals surface area contributed by atoms with Gasteiger partial charge in [-0.1, -0.05) is 10.2 Å². The Morgan fingerprint density at radius 1 is 1.06 bits per heavy atom. The normalized spacial score (nSPS) is 13.4. The number of ether oxygens (including phenoxy) is 2. The van der Waals surface area contributed by atoms with E-state index in [9.17, 15) is 5.11 Å². The Bertz CT molecular complexity index is 267. The molecule has 0 spiro atoms. The average Bonchev–Trinajstić information content (AvgIpc) is 2.24. The van der Waals surface area contributed by atoms with Crippen molar-refractivity contribution in [1.82, 2.24) is 0 Å². The van der Waals surface area contributed by atoms with Crippen LogP contribution in [-0.2, 0) is 9.47 Å². The van der Waals surface area contributed by atoms with Gasteiger partial charge in [0.25, 0.3) is 0 Å². The second-order valence-corrected chi connectivity index (χ2v) is 2.54. The molecule has 0 rings (SSSR count). The van der Waals surface area contributed by atoms with Crippen molar-refractivity contribution in [2.45, 2.75) is 5.85 Å². The van der Waals surface area contributed by atoms with Crippen LogP contribution in [0.5, 0.6) is 0 Å². The highest BCUT2D eigenvalue weighted by molar-refractivity contribution is 4.73. The number of nitrogens with zero attached hydrogens (tertiary/aromatic N) is 6. The maximum atomic E-state index is 9.37. The van der Waals surface area contributed by atoms with E-state index in [0.29, 0.717) is 0 Å². The van der Waals surface area contributed by atoms with Gasteiger partial charge >= 0.3 is 0 Å². The molecule has 90 valence electrons. The molecule has 0 unspecified atom stereocenters. The highest BCUT2D eigenvalue weighted by Crippen LogP contribution is 2.09. The standard InChI is InChI=1S/C6H12N6O4/c7-11-9-6(14,10-12-8)5-16-4-3-15-2-1-13/h13-14H,1-5H2. The summed E-state index contributed by atoms with van der Waals surface area (Å²) in [6, 6.07) is 0. The van der Waals surface area contributed by atoms with Crippen LogP contribution in [0.2, 0.25) is 0 Å². The molecular weight excluding hydrogens is 220 g/mol. The lowest BCUT2D eigenvalue weighted by molar-refractivity contribution is -0.0520. The van der Waals surface area contributed by atoms with E-state index in [4.69, 9.17) is 25.6 Å². The van der Waals surface area contributed by atoms with Gasteiger partial charge in [0.1, 0.15) is 0 Å². The summed E-state index contributed by atoms with van der Waals surface area (Å²) in [7, 11) is 0. The van der Waals surface area contributed by atoms with Gasteiger partial charge in [-0.3, -0.25) is 0 Å². The molecule has 0 bridgehead atoms. The fourth-order valence-corrected chi connectivity index (χ4v) is 0.715. The van der Waals surface area contributed by atoms with Crippen LogP contribution < -0.4 is 0 Å². The molecule has 0 aliphatic carbocycles. The summed E-state index contributed by atoms with van der Waals surface area (Å²) < 4.78 is 9.72. The molecule has 0 radical (unpaired) electrons. The fourth-order valence-electron chi connectivity index (χ4n) is 0.715. The van der Waals surface area contributed by atoms with Gasteiger partial charge in [-0.05, 0) is 11.1 Å². The largest absolute Gasteiger partial charge is 0.394 e. The van der Waals surface area contributed by atoms with Crippen molar-refractivity contribution in [3.8, 4) is 0 Å². The summed E-state index contributed by atoms with van der Waals surface area (Å²) in [6.45, 7) is -0.0846. The van der Waals surface area contributed by atoms with Crippen LogP contribution in [0.4, 0.5) is 0 Å². The number of hydrogen-bond acceptors (Lipinski definition) is 6. The summed E-state index contributed by atoms with van der Waals surface area (Å²) in [5.74, 6) is -2.26. The van der Waals surface area contributed by atoms with Gasteiger partial charge in [0.2, 0.25) is 5.85 Å². The minimum Gasteiger partial charge on any atom is -0.394 e. The second kappa shape index (κ2) is 8.74. The summed E-state index contributed by atoms with van der Waals surface area (Å²) in [6.07, 6.45) is 0. The third kappa shape index (κ3) is 6.85. The van der Waals surface area contributed by atoms with Crippen molar-refractivity contribution in [3.05, 3.63) is 20.9 Å². The van der Waals surface area contributed by atoms with E-state index in [0.717, 1.165) is 0 Å². The van der Waals surface area contributed by atoms with Crippen LogP contribution in [0.15, 0.2) is 10.2 Å². The van der Waals surface area contributed by atoms with Crippen molar-refractivity contribution >= 4 is 0 Å². The van der Waals surface area contributed by atoms with Gasteiger partial charge in [-0.25, -0.2) is 0 Å². The molecule has 0 aromatic heterocycles. The Hall–Kier alpha value is -1.54.